The summed E-state index contributed by atoms with van der Waals surface area (Å²) in [6.07, 6.45) is 2.13. The highest BCUT2D eigenvalue weighted by molar-refractivity contribution is 7.89. The van der Waals surface area contributed by atoms with Crippen molar-refractivity contribution in [3.63, 3.8) is 0 Å². The molecule has 2 N–H and O–H groups in total. The standard InChI is InChI=1S/C21H26N2O4S/c1-16(17-6-3-2-4-7-17)14-21(24)23-18-9-11-20(12-10-18)28(25,26)22-15-19-8-5-13-27-19/h2-4,6-7,9-12,16,19,22H,5,8,13-15H2,1H3,(H,23,24)/t16-,19+/m0/s1. The van der Waals surface area contributed by atoms with E-state index in [0.29, 0.717) is 18.7 Å². The van der Waals surface area contributed by atoms with Crippen LogP contribution >= 0.6 is 0 Å². The van der Waals surface area contributed by atoms with Crippen LogP contribution in [0.25, 0.3) is 0 Å². The molecule has 1 amide bonds. The lowest BCUT2D eigenvalue weighted by atomic mass is 9.97. The Labute approximate surface area is 166 Å². The van der Waals surface area contributed by atoms with Gasteiger partial charge in [-0.15, -0.1) is 0 Å². The predicted octanol–water partition coefficient (Wildman–Crippen LogP) is 3.28. The van der Waals surface area contributed by atoms with Crippen molar-refractivity contribution < 1.29 is 17.9 Å². The SMILES string of the molecule is C[C@@H](CC(=O)Nc1ccc(S(=O)(=O)NC[C@H]2CCCO2)cc1)c1ccccc1. The van der Waals surface area contributed by atoms with Gasteiger partial charge in [-0.3, -0.25) is 4.79 Å². The molecule has 0 unspecified atom stereocenters. The minimum absolute atomic E-state index is 0.0556. The van der Waals surface area contributed by atoms with Crippen LogP contribution in [-0.4, -0.2) is 33.6 Å². The molecule has 0 aliphatic carbocycles. The number of amides is 1. The number of anilines is 1. The molecule has 2 aromatic rings. The van der Waals surface area contributed by atoms with Crippen molar-refractivity contribution in [3.05, 3.63) is 60.2 Å². The molecule has 1 fully saturated rings. The molecule has 1 aliphatic heterocycles. The lowest BCUT2D eigenvalue weighted by Gasteiger charge is -2.13. The van der Waals surface area contributed by atoms with Gasteiger partial charge in [0.05, 0.1) is 11.0 Å². The number of nitrogens with one attached hydrogen (secondary N) is 2. The van der Waals surface area contributed by atoms with E-state index in [1.165, 1.54) is 12.1 Å². The monoisotopic (exact) mass is 402 g/mol. The summed E-state index contributed by atoms with van der Waals surface area (Å²) in [5, 5.41) is 2.82. The van der Waals surface area contributed by atoms with Crippen LogP contribution in [0.4, 0.5) is 5.69 Å². The molecule has 1 heterocycles. The summed E-state index contributed by atoms with van der Waals surface area (Å²) in [6, 6.07) is 16.1. The molecule has 1 aliphatic rings. The molecule has 28 heavy (non-hydrogen) atoms. The van der Waals surface area contributed by atoms with Gasteiger partial charge in [0.1, 0.15) is 0 Å². The third-order valence-corrected chi connectivity index (χ3v) is 6.27. The van der Waals surface area contributed by atoms with Crippen molar-refractivity contribution in [1.82, 2.24) is 4.72 Å². The zero-order valence-corrected chi connectivity index (χ0v) is 16.7. The number of carbonyl (C=O) groups excluding carboxylic acids is 1. The molecule has 0 radical (unpaired) electrons. The van der Waals surface area contributed by atoms with Crippen molar-refractivity contribution in [2.45, 2.75) is 43.1 Å². The lowest BCUT2D eigenvalue weighted by molar-refractivity contribution is -0.116. The molecule has 0 bridgehead atoms. The molecule has 0 saturated carbocycles. The van der Waals surface area contributed by atoms with Gasteiger partial charge in [-0.25, -0.2) is 13.1 Å². The second-order valence-corrected chi connectivity index (χ2v) is 8.84. The average molecular weight is 403 g/mol. The summed E-state index contributed by atoms with van der Waals surface area (Å²) in [5.41, 5.74) is 1.68. The number of ether oxygens (including phenoxy) is 1. The van der Waals surface area contributed by atoms with E-state index < -0.39 is 10.0 Å². The van der Waals surface area contributed by atoms with E-state index in [4.69, 9.17) is 4.74 Å². The molecular weight excluding hydrogens is 376 g/mol. The zero-order valence-electron chi connectivity index (χ0n) is 15.9. The Bertz CT molecular complexity index is 876. The average Bonchev–Trinajstić information content (AvgIpc) is 3.21. The highest BCUT2D eigenvalue weighted by Crippen LogP contribution is 2.20. The van der Waals surface area contributed by atoms with Crippen LogP contribution in [-0.2, 0) is 19.6 Å². The van der Waals surface area contributed by atoms with Crippen LogP contribution in [0.3, 0.4) is 0 Å². The molecule has 0 aromatic heterocycles. The van der Waals surface area contributed by atoms with Crippen LogP contribution in [0.15, 0.2) is 59.5 Å². The van der Waals surface area contributed by atoms with Gasteiger partial charge in [0.15, 0.2) is 0 Å². The van der Waals surface area contributed by atoms with E-state index in [2.05, 4.69) is 10.0 Å². The fourth-order valence-electron chi connectivity index (χ4n) is 3.20. The summed E-state index contributed by atoms with van der Waals surface area (Å²) in [6.45, 7) is 2.96. The second kappa shape index (κ2) is 9.32. The van der Waals surface area contributed by atoms with Gasteiger partial charge < -0.3 is 10.1 Å². The van der Waals surface area contributed by atoms with E-state index in [-0.39, 0.29) is 29.4 Å². The number of hydrogen-bond acceptors (Lipinski definition) is 4. The normalized spacial score (nSPS) is 18.0. The van der Waals surface area contributed by atoms with Crippen molar-refractivity contribution in [2.75, 3.05) is 18.5 Å². The Hall–Kier alpha value is -2.22. The Morgan fingerprint density at radius 2 is 1.86 bits per heavy atom. The molecule has 2 aromatic carbocycles. The highest BCUT2D eigenvalue weighted by atomic mass is 32.2. The lowest BCUT2D eigenvalue weighted by Crippen LogP contribution is -2.31. The van der Waals surface area contributed by atoms with Crippen LogP contribution < -0.4 is 10.0 Å². The Kier molecular flexibility index (Phi) is 6.83. The predicted molar refractivity (Wildman–Crippen MR) is 109 cm³/mol. The number of benzene rings is 2. The molecule has 0 spiro atoms. The van der Waals surface area contributed by atoms with Crippen LogP contribution in [0, 0.1) is 0 Å². The fraction of sp³-hybridized carbons (Fsp3) is 0.381. The molecule has 2 atom stereocenters. The van der Waals surface area contributed by atoms with Crippen molar-refractivity contribution in [1.29, 1.82) is 0 Å². The molecule has 1 saturated heterocycles. The molecule has 150 valence electrons. The Morgan fingerprint density at radius 3 is 2.50 bits per heavy atom. The van der Waals surface area contributed by atoms with Gasteiger partial charge in [-0.1, -0.05) is 37.3 Å². The van der Waals surface area contributed by atoms with E-state index >= 15 is 0 Å². The second-order valence-electron chi connectivity index (χ2n) is 7.08. The van der Waals surface area contributed by atoms with E-state index in [9.17, 15) is 13.2 Å². The summed E-state index contributed by atoms with van der Waals surface area (Å²) >= 11 is 0. The fourth-order valence-corrected chi connectivity index (χ4v) is 4.26. The first kappa shape index (κ1) is 20.5. The minimum atomic E-state index is -3.59. The summed E-state index contributed by atoms with van der Waals surface area (Å²) < 4.78 is 32.8. The van der Waals surface area contributed by atoms with Gasteiger partial charge >= 0.3 is 0 Å². The third kappa shape index (κ3) is 5.64. The van der Waals surface area contributed by atoms with Crippen molar-refractivity contribution in [3.8, 4) is 0 Å². The van der Waals surface area contributed by atoms with Gasteiger partial charge in [-0.2, -0.15) is 0 Å². The van der Waals surface area contributed by atoms with E-state index in [1.807, 2.05) is 37.3 Å². The minimum Gasteiger partial charge on any atom is -0.377 e. The van der Waals surface area contributed by atoms with Crippen LogP contribution in [0.1, 0.15) is 37.7 Å². The van der Waals surface area contributed by atoms with E-state index in [0.717, 1.165) is 18.4 Å². The summed E-state index contributed by atoms with van der Waals surface area (Å²) in [7, 11) is -3.59. The van der Waals surface area contributed by atoms with E-state index in [1.54, 1.807) is 12.1 Å². The Morgan fingerprint density at radius 1 is 1.14 bits per heavy atom. The number of rotatable bonds is 8. The molecule has 6 nitrogen and oxygen atoms in total. The maximum Gasteiger partial charge on any atom is 0.240 e. The quantitative estimate of drug-likeness (QED) is 0.710. The van der Waals surface area contributed by atoms with Gasteiger partial charge in [-0.05, 0) is 48.6 Å². The number of hydrogen-bond donors (Lipinski definition) is 2. The van der Waals surface area contributed by atoms with Crippen LogP contribution in [0.5, 0.6) is 0 Å². The van der Waals surface area contributed by atoms with Gasteiger partial charge in [0.2, 0.25) is 15.9 Å². The largest absolute Gasteiger partial charge is 0.377 e. The van der Waals surface area contributed by atoms with Crippen LogP contribution in [0.2, 0.25) is 0 Å². The van der Waals surface area contributed by atoms with Gasteiger partial charge in [0.25, 0.3) is 0 Å². The number of sulfonamides is 1. The first-order valence-corrected chi connectivity index (χ1v) is 11.0. The summed E-state index contributed by atoms with van der Waals surface area (Å²) in [4.78, 5) is 12.4. The maximum absolute atomic E-state index is 12.4. The number of carbonyl (C=O) groups is 1. The van der Waals surface area contributed by atoms with Gasteiger partial charge in [0, 0.05) is 25.3 Å². The molecule has 3 rings (SSSR count). The smallest absolute Gasteiger partial charge is 0.240 e. The highest BCUT2D eigenvalue weighted by Gasteiger charge is 2.20. The first-order chi connectivity index (χ1) is 13.4. The maximum atomic E-state index is 12.4. The third-order valence-electron chi connectivity index (χ3n) is 4.83. The summed E-state index contributed by atoms with van der Waals surface area (Å²) in [5.74, 6) is -0.00803. The Balaban J connectivity index is 1.54. The van der Waals surface area contributed by atoms with Crippen molar-refractivity contribution in [2.24, 2.45) is 0 Å². The molecule has 7 heteroatoms. The van der Waals surface area contributed by atoms with Crippen molar-refractivity contribution >= 4 is 21.6 Å². The topological polar surface area (TPSA) is 84.5 Å². The first-order valence-electron chi connectivity index (χ1n) is 9.50. The molecular formula is C21H26N2O4S. The zero-order chi connectivity index (χ0) is 20.0.